The molecule has 5 nitrogen and oxygen atoms in total. The summed E-state index contributed by atoms with van der Waals surface area (Å²) in [7, 11) is 0. The third-order valence-corrected chi connectivity index (χ3v) is 7.51. The summed E-state index contributed by atoms with van der Waals surface area (Å²) in [5.74, 6) is 4.26. The van der Waals surface area contributed by atoms with Crippen LogP contribution in [0.2, 0.25) is 0 Å². The van der Waals surface area contributed by atoms with E-state index in [0.717, 1.165) is 62.9 Å². The normalized spacial score (nSPS) is 24.4. The van der Waals surface area contributed by atoms with E-state index < -0.39 is 0 Å². The van der Waals surface area contributed by atoms with Crippen LogP contribution >= 0.6 is 47.1 Å². The number of ether oxygens (including phenoxy) is 1. The largest absolute Gasteiger partial charge is 0.469 e. The lowest BCUT2D eigenvalue weighted by Gasteiger charge is -2.38. The van der Waals surface area contributed by atoms with E-state index in [4.69, 9.17) is 14.1 Å². The molecule has 0 radical (unpaired) electrons. The molecular weight excluding hydrogens is 517 g/mol. The van der Waals surface area contributed by atoms with Crippen molar-refractivity contribution in [1.82, 2.24) is 10.6 Å². The molecule has 1 spiro atoms. The second-order valence-electron chi connectivity index (χ2n) is 7.48. The van der Waals surface area contributed by atoms with Gasteiger partial charge in [0.15, 0.2) is 5.96 Å². The number of furan rings is 1. The van der Waals surface area contributed by atoms with Crippen molar-refractivity contribution in [3.05, 3.63) is 46.5 Å². The highest BCUT2D eigenvalue weighted by molar-refractivity contribution is 14.0. The lowest BCUT2D eigenvalue weighted by molar-refractivity contribution is -0.0679. The molecular formula is C21H30IN3O2S2. The molecule has 2 aromatic rings. The monoisotopic (exact) mass is 547 g/mol. The van der Waals surface area contributed by atoms with Gasteiger partial charge in [-0.25, -0.2) is 0 Å². The highest BCUT2D eigenvalue weighted by atomic mass is 127. The Hall–Kier alpha value is -0.710. The highest BCUT2D eigenvalue weighted by Crippen LogP contribution is 2.38. The summed E-state index contributed by atoms with van der Waals surface area (Å²) < 4.78 is 11.6. The lowest BCUT2D eigenvalue weighted by atomic mass is 9.90. The molecule has 2 N–H and O–H groups in total. The Bertz CT molecular complexity index is 731. The first-order valence-corrected chi connectivity index (χ1v) is 12.2. The quantitative estimate of drug-likeness (QED) is 0.307. The molecule has 160 valence electrons. The Labute approximate surface area is 198 Å². The maximum atomic E-state index is 6.17. The second-order valence-corrected chi connectivity index (χ2v) is 9.62. The van der Waals surface area contributed by atoms with Crippen molar-refractivity contribution in [3.63, 3.8) is 0 Å². The van der Waals surface area contributed by atoms with Gasteiger partial charge < -0.3 is 19.8 Å². The van der Waals surface area contributed by atoms with Crippen LogP contribution < -0.4 is 10.6 Å². The van der Waals surface area contributed by atoms with Crippen molar-refractivity contribution in [2.45, 2.75) is 43.7 Å². The minimum absolute atomic E-state index is 0. The molecule has 0 bridgehead atoms. The highest BCUT2D eigenvalue weighted by Gasteiger charge is 2.40. The molecule has 4 rings (SSSR count). The molecule has 0 aromatic carbocycles. The average Bonchev–Trinajstić information content (AvgIpc) is 3.45. The number of thioether (sulfide) groups is 1. The molecule has 2 unspecified atom stereocenters. The summed E-state index contributed by atoms with van der Waals surface area (Å²) in [4.78, 5) is 6.23. The smallest absolute Gasteiger partial charge is 0.191 e. The number of hydrogen-bond acceptors (Lipinski definition) is 5. The first kappa shape index (κ1) is 23.0. The molecule has 2 atom stereocenters. The predicted octanol–water partition coefficient (Wildman–Crippen LogP) is 4.33. The van der Waals surface area contributed by atoms with E-state index in [9.17, 15) is 0 Å². The van der Waals surface area contributed by atoms with Crippen LogP contribution in [0.4, 0.5) is 0 Å². The van der Waals surface area contributed by atoms with Gasteiger partial charge in [-0.1, -0.05) is 6.07 Å². The van der Waals surface area contributed by atoms with Gasteiger partial charge in [-0.2, -0.15) is 11.8 Å². The Balaban J connectivity index is 0.00000240. The average molecular weight is 548 g/mol. The van der Waals surface area contributed by atoms with Gasteiger partial charge in [0.25, 0.3) is 0 Å². The fourth-order valence-electron chi connectivity index (χ4n) is 3.85. The number of halogens is 1. The summed E-state index contributed by atoms with van der Waals surface area (Å²) in [6.07, 6.45) is 6.85. The van der Waals surface area contributed by atoms with Crippen molar-refractivity contribution < 1.29 is 9.15 Å². The van der Waals surface area contributed by atoms with Crippen molar-refractivity contribution in [2.24, 2.45) is 4.99 Å². The Morgan fingerprint density at radius 3 is 3.00 bits per heavy atom. The SMILES string of the molecule is I.c1coc(CCNC(=NCCc2cccs2)NC2CCOC3(CCSC3)C2)c1. The zero-order chi connectivity index (χ0) is 19.1. The molecule has 0 saturated carbocycles. The van der Waals surface area contributed by atoms with Crippen molar-refractivity contribution in [1.29, 1.82) is 0 Å². The Kier molecular flexibility index (Phi) is 9.20. The lowest BCUT2D eigenvalue weighted by Crippen LogP contribution is -2.51. The fraction of sp³-hybridized carbons (Fsp3) is 0.571. The number of aliphatic imine (C=N–C) groups is 1. The van der Waals surface area contributed by atoms with E-state index in [-0.39, 0.29) is 29.6 Å². The minimum atomic E-state index is 0. The molecule has 8 heteroatoms. The summed E-state index contributed by atoms with van der Waals surface area (Å²) in [5.41, 5.74) is 0.0802. The van der Waals surface area contributed by atoms with Crippen LogP contribution in [0.25, 0.3) is 0 Å². The molecule has 29 heavy (non-hydrogen) atoms. The zero-order valence-corrected chi connectivity index (χ0v) is 20.6. The number of nitrogens with zero attached hydrogens (tertiary/aromatic N) is 1. The van der Waals surface area contributed by atoms with Gasteiger partial charge in [-0.05, 0) is 48.6 Å². The maximum absolute atomic E-state index is 6.17. The van der Waals surface area contributed by atoms with Gasteiger partial charge in [0.1, 0.15) is 5.76 Å². The first-order valence-electron chi connectivity index (χ1n) is 10.1. The number of nitrogens with one attached hydrogen (secondary N) is 2. The molecule has 2 aromatic heterocycles. The Morgan fingerprint density at radius 2 is 2.24 bits per heavy atom. The molecule has 2 fully saturated rings. The third-order valence-electron chi connectivity index (χ3n) is 5.35. The van der Waals surface area contributed by atoms with Gasteiger partial charge in [-0.3, -0.25) is 4.99 Å². The molecule has 0 aliphatic carbocycles. The Morgan fingerprint density at radius 1 is 1.28 bits per heavy atom. The first-order chi connectivity index (χ1) is 13.8. The van der Waals surface area contributed by atoms with Gasteiger partial charge in [0.05, 0.1) is 11.9 Å². The van der Waals surface area contributed by atoms with E-state index >= 15 is 0 Å². The molecule has 2 aliphatic heterocycles. The van der Waals surface area contributed by atoms with Gasteiger partial charge in [-0.15, -0.1) is 35.3 Å². The van der Waals surface area contributed by atoms with Gasteiger partial charge in [0.2, 0.25) is 0 Å². The minimum Gasteiger partial charge on any atom is -0.469 e. The third kappa shape index (κ3) is 6.90. The van der Waals surface area contributed by atoms with Crippen molar-refractivity contribution in [2.75, 3.05) is 31.2 Å². The molecule has 4 heterocycles. The standard InChI is InChI=1S/C21H29N3O2S2.HI/c1-3-18(25-11-1)5-9-22-20(23-10-6-19-4-2-13-28-19)24-17-7-12-26-21(15-17)8-14-27-16-21;/h1-4,11,13,17H,5-10,12,14-16H2,(H2,22,23,24);1H. The summed E-state index contributed by atoms with van der Waals surface area (Å²) >= 11 is 3.81. The number of thiophene rings is 1. The number of guanidine groups is 1. The number of rotatable bonds is 7. The fourth-order valence-corrected chi connectivity index (χ4v) is 5.93. The summed E-state index contributed by atoms with van der Waals surface area (Å²) in [5, 5.41) is 9.32. The van der Waals surface area contributed by atoms with Crippen LogP contribution in [0.5, 0.6) is 0 Å². The van der Waals surface area contributed by atoms with E-state index in [1.807, 2.05) is 23.9 Å². The molecule has 2 aliphatic rings. The van der Waals surface area contributed by atoms with Crippen LogP contribution in [0.1, 0.15) is 29.9 Å². The maximum Gasteiger partial charge on any atom is 0.191 e. The van der Waals surface area contributed by atoms with Gasteiger partial charge >= 0.3 is 0 Å². The summed E-state index contributed by atoms with van der Waals surface area (Å²) in [6.45, 7) is 2.44. The second kappa shape index (κ2) is 11.6. The van der Waals surface area contributed by atoms with E-state index in [0.29, 0.717) is 6.04 Å². The van der Waals surface area contributed by atoms with E-state index in [1.54, 1.807) is 17.6 Å². The van der Waals surface area contributed by atoms with Gasteiger partial charge in [0, 0.05) is 49.2 Å². The van der Waals surface area contributed by atoms with Crippen LogP contribution in [0.3, 0.4) is 0 Å². The van der Waals surface area contributed by atoms with Crippen LogP contribution in [-0.4, -0.2) is 48.8 Å². The molecule has 0 amide bonds. The molecule has 2 saturated heterocycles. The van der Waals surface area contributed by atoms with Crippen molar-refractivity contribution in [3.8, 4) is 0 Å². The summed E-state index contributed by atoms with van der Waals surface area (Å²) in [6, 6.07) is 8.65. The van der Waals surface area contributed by atoms with E-state index in [1.165, 1.54) is 17.1 Å². The van der Waals surface area contributed by atoms with E-state index in [2.05, 4.69) is 28.1 Å². The van der Waals surface area contributed by atoms with Crippen LogP contribution in [0.15, 0.2) is 45.3 Å². The van der Waals surface area contributed by atoms with Crippen LogP contribution in [0, 0.1) is 0 Å². The van der Waals surface area contributed by atoms with Crippen molar-refractivity contribution >= 4 is 53.0 Å². The number of hydrogen-bond donors (Lipinski definition) is 2. The predicted molar refractivity (Wildman–Crippen MR) is 133 cm³/mol. The van der Waals surface area contributed by atoms with Crippen LogP contribution in [-0.2, 0) is 17.6 Å². The topological polar surface area (TPSA) is 58.8 Å². The zero-order valence-electron chi connectivity index (χ0n) is 16.6.